The average molecular weight is 420 g/mol. The molecule has 0 saturated carbocycles. The third kappa shape index (κ3) is 5.82. The molecule has 3 aromatic rings. The Morgan fingerprint density at radius 1 is 1.10 bits per heavy atom. The van der Waals surface area contributed by atoms with E-state index in [1.165, 1.54) is 0 Å². The Hall–Kier alpha value is -2.92. The molecule has 5 heteroatoms. The van der Waals surface area contributed by atoms with Gasteiger partial charge in [0.25, 0.3) is 5.91 Å². The second-order valence-corrected chi connectivity index (χ2v) is 7.85. The summed E-state index contributed by atoms with van der Waals surface area (Å²) in [6, 6.07) is 17.5. The molecule has 1 N–H and O–H groups in total. The van der Waals surface area contributed by atoms with Crippen LogP contribution in [0.5, 0.6) is 5.75 Å². The Morgan fingerprint density at radius 3 is 2.61 bits per heavy atom. The number of nitrogens with one attached hydrogen (secondary N) is 1. The largest absolute Gasteiger partial charge is 0.497 e. The van der Waals surface area contributed by atoms with Crippen molar-refractivity contribution in [2.75, 3.05) is 26.7 Å². The van der Waals surface area contributed by atoms with Gasteiger partial charge in [0.05, 0.1) is 23.9 Å². The summed E-state index contributed by atoms with van der Waals surface area (Å²) >= 11 is 0. The number of pyridine rings is 1. The first-order valence-electron chi connectivity index (χ1n) is 11.1. The number of benzene rings is 2. The number of amides is 1. The predicted molar refractivity (Wildman–Crippen MR) is 128 cm³/mol. The van der Waals surface area contributed by atoms with E-state index in [1.807, 2.05) is 54.6 Å². The van der Waals surface area contributed by atoms with Crippen LogP contribution in [0.2, 0.25) is 0 Å². The molecule has 5 nitrogen and oxygen atoms in total. The van der Waals surface area contributed by atoms with E-state index in [4.69, 9.17) is 9.72 Å². The SMILES string of the molecule is CCN(CC)CCCC(C)NC(=O)c1cc(-c2cccc(OC)c2)nc2ccccc12. The molecule has 164 valence electrons. The Bertz CT molecular complexity index is 1010. The number of hydrogen-bond acceptors (Lipinski definition) is 4. The maximum atomic E-state index is 13.2. The van der Waals surface area contributed by atoms with Gasteiger partial charge in [-0.1, -0.05) is 44.2 Å². The van der Waals surface area contributed by atoms with Gasteiger partial charge in [0.1, 0.15) is 5.75 Å². The molecule has 0 saturated heterocycles. The van der Waals surface area contributed by atoms with Gasteiger partial charge < -0.3 is 15.0 Å². The first kappa shape index (κ1) is 22.8. The quantitative estimate of drug-likeness (QED) is 0.494. The van der Waals surface area contributed by atoms with E-state index < -0.39 is 0 Å². The highest BCUT2D eigenvalue weighted by Gasteiger charge is 2.16. The van der Waals surface area contributed by atoms with E-state index in [0.29, 0.717) is 5.56 Å². The van der Waals surface area contributed by atoms with Crippen molar-refractivity contribution >= 4 is 16.8 Å². The summed E-state index contributed by atoms with van der Waals surface area (Å²) in [6.45, 7) is 9.63. The molecule has 2 aromatic carbocycles. The third-order valence-electron chi connectivity index (χ3n) is 5.71. The Labute approximate surface area is 185 Å². The maximum Gasteiger partial charge on any atom is 0.252 e. The lowest BCUT2D eigenvalue weighted by molar-refractivity contribution is 0.0939. The molecule has 0 aliphatic heterocycles. The average Bonchev–Trinajstić information content (AvgIpc) is 2.81. The zero-order valence-electron chi connectivity index (χ0n) is 19.0. The predicted octanol–water partition coefficient (Wildman–Crippen LogP) is 5.15. The highest BCUT2D eigenvalue weighted by molar-refractivity contribution is 6.07. The van der Waals surface area contributed by atoms with Crippen molar-refractivity contribution < 1.29 is 9.53 Å². The van der Waals surface area contributed by atoms with Gasteiger partial charge in [0.2, 0.25) is 0 Å². The number of nitrogens with zero attached hydrogens (tertiary/aromatic N) is 2. The molecule has 0 radical (unpaired) electrons. The molecule has 0 aliphatic rings. The maximum absolute atomic E-state index is 13.2. The monoisotopic (exact) mass is 419 g/mol. The van der Waals surface area contributed by atoms with Gasteiger partial charge in [-0.05, 0) is 63.7 Å². The van der Waals surface area contributed by atoms with Crippen molar-refractivity contribution in [3.05, 3.63) is 60.2 Å². The first-order chi connectivity index (χ1) is 15.0. The number of aromatic nitrogens is 1. The minimum Gasteiger partial charge on any atom is -0.497 e. The number of hydrogen-bond donors (Lipinski definition) is 1. The van der Waals surface area contributed by atoms with E-state index in [0.717, 1.165) is 60.4 Å². The molecule has 1 unspecified atom stereocenters. The minimum atomic E-state index is -0.0573. The van der Waals surface area contributed by atoms with E-state index in [-0.39, 0.29) is 11.9 Å². The van der Waals surface area contributed by atoms with Gasteiger partial charge in [-0.25, -0.2) is 4.98 Å². The molecule has 0 fully saturated rings. The van der Waals surface area contributed by atoms with Gasteiger partial charge in [-0.3, -0.25) is 4.79 Å². The van der Waals surface area contributed by atoms with Crippen molar-refractivity contribution in [2.45, 2.75) is 39.7 Å². The number of methoxy groups -OCH3 is 1. The fourth-order valence-electron chi connectivity index (χ4n) is 3.83. The Balaban J connectivity index is 1.82. The number of para-hydroxylation sites is 1. The van der Waals surface area contributed by atoms with Crippen LogP contribution in [0.15, 0.2) is 54.6 Å². The molecule has 1 atom stereocenters. The number of carbonyl (C=O) groups is 1. The lowest BCUT2D eigenvalue weighted by Gasteiger charge is -2.20. The second kappa shape index (κ2) is 10.9. The summed E-state index contributed by atoms with van der Waals surface area (Å²) in [6.07, 6.45) is 2.02. The molecule has 1 aromatic heterocycles. The number of fused-ring (bicyclic) bond motifs is 1. The third-order valence-corrected chi connectivity index (χ3v) is 5.71. The summed E-state index contributed by atoms with van der Waals surface area (Å²) in [7, 11) is 1.65. The van der Waals surface area contributed by atoms with Gasteiger partial charge in [-0.15, -0.1) is 0 Å². The van der Waals surface area contributed by atoms with Crippen LogP contribution >= 0.6 is 0 Å². The highest BCUT2D eigenvalue weighted by Crippen LogP contribution is 2.27. The van der Waals surface area contributed by atoms with Crippen molar-refractivity contribution in [2.24, 2.45) is 0 Å². The molecule has 1 amide bonds. The van der Waals surface area contributed by atoms with E-state index in [1.54, 1.807) is 7.11 Å². The van der Waals surface area contributed by atoms with Crippen LogP contribution in [0.4, 0.5) is 0 Å². The molecule has 0 bridgehead atoms. The van der Waals surface area contributed by atoms with Crippen LogP contribution in [0, 0.1) is 0 Å². The zero-order chi connectivity index (χ0) is 22.2. The molecular weight excluding hydrogens is 386 g/mol. The van der Waals surface area contributed by atoms with E-state index in [2.05, 4.69) is 31.0 Å². The first-order valence-corrected chi connectivity index (χ1v) is 11.1. The topological polar surface area (TPSA) is 54.5 Å². The van der Waals surface area contributed by atoms with Crippen molar-refractivity contribution in [1.82, 2.24) is 15.2 Å². The van der Waals surface area contributed by atoms with Crippen LogP contribution in [0.3, 0.4) is 0 Å². The molecule has 3 rings (SSSR count). The summed E-state index contributed by atoms with van der Waals surface area (Å²) in [5.41, 5.74) is 3.14. The lowest BCUT2D eigenvalue weighted by atomic mass is 10.0. The summed E-state index contributed by atoms with van der Waals surface area (Å²) in [5.74, 6) is 0.707. The van der Waals surface area contributed by atoms with Gasteiger partial charge >= 0.3 is 0 Å². The molecule has 0 spiro atoms. The minimum absolute atomic E-state index is 0.0573. The molecule has 1 heterocycles. The Morgan fingerprint density at radius 2 is 1.87 bits per heavy atom. The molecule has 31 heavy (non-hydrogen) atoms. The van der Waals surface area contributed by atoms with Crippen LogP contribution in [0.1, 0.15) is 44.0 Å². The Kier molecular flexibility index (Phi) is 8.01. The number of carbonyl (C=O) groups excluding carboxylic acids is 1. The summed E-state index contributed by atoms with van der Waals surface area (Å²) in [5, 5.41) is 4.05. The number of ether oxygens (including phenoxy) is 1. The van der Waals surface area contributed by atoms with E-state index >= 15 is 0 Å². The standard InChI is InChI=1S/C26H33N3O2/c1-5-29(6-2)16-10-11-19(3)27-26(30)23-18-25(20-12-9-13-21(17-20)31-4)28-24-15-8-7-14-22(23)24/h7-9,12-15,17-19H,5-6,10-11,16H2,1-4H3,(H,27,30). The molecular formula is C26H33N3O2. The number of rotatable bonds is 10. The summed E-state index contributed by atoms with van der Waals surface area (Å²) < 4.78 is 5.35. The zero-order valence-corrected chi connectivity index (χ0v) is 19.0. The molecule has 0 aliphatic carbocycles. The fourth-order valence-corrected chi connectivity index (χ4v) is 3.83. The van der Waals surface area contributed by atoms with E-state index in [9.17, 15) is 4.79 Å². The van der Waals surface area contributed by atoms with Crippen molar-refractivity contribution in [3.63, 3.8) is 0 Å². The summed E-state index contributed by atoms with van der Waals surface area (Å²) in [4.78, 5) is 20.4. The van der Waals surface area contributed by atoms with Crippen molar-refractivity contribution in [3.8, 4) is 17.0 Å². The smallest absolute Gasteiger partial charge is 0.252 e. The van der Waals surface area contributed by atoms with Gasteiger partial charge in [0.15, 0.2) is 0 Å². The highest BCUT2D eigenvalue weighted by atomic mass is 16.5. The van der Waals surface area contributed by atoms with Crippen LogP contribution in [0.25, 0.3) is 22.2 Å². The van der Waals surface area contributed by atoms with Crippen LogP contribution < -0.4 is 10.1 Å². The van der Waals surface area contributed by atoms with Crippen LogP contribution in [-0.2, 0) is 0 Å². The fraction of sp³-hybridized carbons (Fsp3) is 0.385. The normalized spacial score (nSPS) is 12.2. The van der Waals surface area contributed by atoms with Gasteiger partial charge in [-0.2, -0.15) is 0 Å². The van der Waals surface area contributed by atoms with Crippen molar-refractivity contribution in [1.29, 1.82) is 0 Å². The second-order valence-electron chi connectivity index (χ2n) is 7.85. The lowest BCUT2D eigenvalue weighted by Crippen LogP contribution is -2.33. The van der Waals surface area contributed by atoms with Gasteiger partial charge in [0, 0.05) is 17.0 Å². The van der Waals surface area contributed by atoms with Crippen LogP contribution in [-0.4, -0.2) is 48.6 Å².